The third-order valence-corrected chi connectivity index (χ3v) is 11.3. The summed E-state index contributed by atoms with van der Waals surface area (Å²) in [6.07, 6.45) is 0. The summed E-state index contributed by atoms with van der Waals surface area (Å²) >= 11 is 0. The Morgan fingerprint density at radius 3 is 1.70 bits per heavy atom. The van der Waals surface area contributed by atoms with Crippen LogP contribution in [0.5, 0.6) is 11.5 Å². The molecule has 0 N–H and O–H groups in total. The van der Waals surface area contributed by atoms with Crippen molar-refractivity contribution < 1.29 is 4.74 Å². The molecule has 1 aliphatic rings. The van der Waals surface area contributed by atoms with Crippen molar-refractivity contribution in [3.05, 3.63) is 164 Å². The van der Waals surface area contributed by atoms with Gasteiger partial charge in [-0.2, -0.15) is 0 Å². The van der Waals surface area contributed by atoms with Crippen LogP contribution >= 0.6 is 7.92 Å². The summed E-state index contributed by atoms with van der Waals surface area (Å²) in [6, 6.07) is 59.4. The number of rotatable bonds is 3. The van der Waals surface area contributed by atoms with Crippen molar-refractivity contribution in [2.24, 2.45) is 0 Å². The van der Waals surface area contributed by atoms with E-state index in [9.17, 15) is 0 Å². The zero-order chi connectivity index (χ0) is 29.0. The van der Waals surface area contributed by atoms with Gasteiger partial charge in [0.1, 0.15) is 11.5 Å². The quantitative estimate of drug-likeness (QED) is 0.150. The summed E-state index contributed by atoms with van der Waals surface area (Å²) in [5.41, 5.74) is 5.04. The van der Waals surface area contributed by atoms with Crippen LogP contribution in [0, 0.1) is 0 Å². The predicted octanol–water partition coefficient (Wildman–Crippen LogP) is 10.3. The molecule has 8 aromatic rings. The second kappa shape index (κ2) is 10.2. The van der Waals surface area contributed by atoms with E-state index in [1.54, 1.807) is 0 Å². The van der Waals surface area contributed by atoms with Gasteiger partial charge in [0.2, 0.25) is 0 Å². The molecule has 0 saturated carbocycles. The molecule has 2 heteroatoms. The van der Waals surface area contributed by atoms with Gasteiger partial charge in [0.15, 0.2) is 0 Å². The maximum atomic E-state index is 6.53. The minimum absolute atomic E-state index is 0.779. The summed E-state index contributed by atoms with van der Waals surface area (Å²) in [5, 5.41) is 11.4. The minimum atomic E-state index is -0.779. The Labute approximate surface area is 257 Å². The molecule has 0 saturated heterocycles. The molecule has 0 amide bonds. The fourth-order valence-corrected chi connectivity index (χ4v) is 9.41. The normalized spacial score (nSPS) is 13.9. The van der Waals surface area contributed by atoms with Crippen LogP contribution < -0.4 is 20.7 Å². The van der Waals surface area contributed by atoms with Crippen LogP contribution in [-0.2, 0) is 0 Å². The lowest BCUT2D eigenvalue weighted by atomic mass is 9.85. The lowest BCUT2D eigenvalue weighted by Gasteiger charge is -2.29. The van der Waals surface area contributed by atoms with Gasteiger partial charge in [-0.25, -0.2) is 0 Å². The highest BCUT2D eigenvalue weighted by Gasteiger charge is 2.29. The van der Waals surface area contributed by atoms with E-state index in [0.717, 1.165) is 11.5 Å². The Morgan fingerprint density at radius 2 is 0.955 bits per heavy atom. The molecule has 206 valence electrons. The monoisotopic (exact) mass is 578 g/mol. The molecule has 1 aliphatic heterocycles. The van der Waals surface area contributed by atoms with Crippen LogP contribution in [0.2, 0.25) is 0 Å². The van der Waals surface area contributed by atoms with Gasteiger partial charge in [-0.05, 0) is 86.0 Å². The average Bonchev–Trinajstić information content (AvgIpc) is 3.09. The van der Waals surface area contributed by atoms with Gasteiger partial charge in [0.25, 0.3) is 0 Å². The zero-order valence-corrected chi connectivity index (χ0v) is 24.8. The maximum Gasteiger partial charge on any atom is 0.135 e. The first-order valence-electron chi connectivity index (χ1n) is 15.0. The van der Waals surface area contributed by atoms with E-state index < -0.39 is 7.92 Å². The van der Waals surface area contributed by atoms with Gasteiger partial charge in [0.05, 0.1) is 0 Å². The number of benzene rings is 8. The summed E-state index contributed by atoms with van der Waals surface area (Å²) in [7, 11) is -0.779. The number of ether oxygens (including phenoxy) is 1. The average molecular weight is 579 g/mol. The highest BCUT2D eigenvalue weighted by atomic mass is 31.1. The van der Waals surface area contributed by atoms with Crippen molar-refractivity contribution in [2.45, 2.75) is 0 Å². The van der Waals surface area contributed by atoms with Crippen molar-refractivity contribution in [2.75, 3.05) is 0 Å². The molecule has 0 spiro atoms. The van der Waals surface area contributed by atoms with Gasteiger partial charge in [0, 0.05) is 10.6 Å². The Bertz CT molecular complexity index is 2310. The fourth-order valence-electron chi connectivity index (χ4n) is 6.94. The van der Waals surface area contributed by atoms with Gasteiger partial charge in [-0.1, -0.05) is 146 Å². The first-order chi connectivity index (χ1) is 21.8. The summed E-state index contributed by atoms with van der Waals surface area (Å²) in [4.78, 5) is 0. The van der Waals surface area contributed by atoms with E-state index in [1.165, 1.54) is 70.5 Å². The molecule has 1 atom stereocenters. The van der Waals surface area contributed by atoms with E-state index in [1.807, 2.05) is 0 Å². The second-order valence-corrected chi connectivity index (χ2v) is 13.4. The zero-order valence-electron chi connectivity index (χ0n) is 23.9. The molecule has 0 radical (unpaired) electrons. The van der Waals surface area contributed by atoms with Crippen molar-refractivity contribution in [1.29, 1.82) is 0 Å². The van der Waals surface area contributed by atoms with Crippen LogP contribution in [0.3, 0.4) is 0 Å². The molecule has 1 nitrogen and oxygen atoms in total. The lowest BCUT2D eigenvalue weighted by Crippen LogP contribution is -2.27. The maximum absolute atomic E-state index is 6.53. The Hall–Kier alpha value is -5.23. The van der Waals surface area contributed by atoms with Crippen molar-refractivity contribution >= 4 is 56.2 Å². The number of hydrogen-bond donors (Lipinski definition) is 0. The Balaban J connectivity index is 1.34. The first-order valence-corrected chi connectivity index (χ1v) is 16.4. The van der Waals surface area contributed by atoms with Crippen LogP contribution in [-0.4, -0.2) is 0 Å². The van der Waals surface area contributed by atoms with Crippen LogP contribution in [0.25, 0.3) is 54.6 Å². The molecule has 9 rings (SSSR count). The molecular formula is C42H27OP. The van der Waals surface area contributed by atoms with Crippen molar-refractivity contribution in [1.82, 2.24) is 0 Å². The van der Waals surface area contributed by atoms with Gasteiger partial charge < -0.3 is 4.74 Å². The highest BCUT2D eigenvalue weighted by Crippen LogP contribution is 2.48. The van der Waals surface area contributed by atoms with E-state index in [4.69, 9.17) is 4.74 Å². The topological polar surface area (TPSA) is 9.23 Å². The second-order valence-electron chi connectivity index (χ2n) is 11.3. The molecule has 0 bridgehead atoms. The number of para-hydroxylation sites is 1. The van der Waals surface area contributed by atoms with Crippen LogP contribution in [0.4, 0.5) is 0 Å². The first kappa shape index (κ1) is 25.3. The van der Waals surface area contributed by atoms with Crippen molar-refractivity contribution in [3.63, 3.8) is 0 Å². The summed E-state index contributed by atoms with van der Waals surface area (Å²) < 4.78 is 6.53. The fraction of sp³-hybridized carbons (Fsp3) is 0. The molecule has 8 aromatic carbocycles. The van der Waals surface area contributed by atoms with Crippen LogP contribution in [0.15, 0.2) is 164 Å². The van der Waals surface area contributed by atoms with E-state index >= 15 is 0 Å². The van der Waals surface area contributed by atoms with E-state index in [2.05, 4.69) is 164 Å². The van der Waals surface area contributed by atoms with Gasteiger partial charge in [-0.15, -0.1) is 0 Å². The molecular weight excluding hydrogens is 551 g/mol. The number of fused-ring (bicyclic) bond motifs is 5. The SMILES string of the molecule is c1ccc(P2c3ccccc3Oc3ccc(-c4c5ccccc5c(-c5cccc6ccccc56)c5ccccc45)cc32)cc1. The molecule has 0 aliphatic carbocycles. The molecule has 1 heterocycles. The molecule has 44 heavy (non-hydrogen) atoms. The van der Waals surface area contributed by atoms with Gasteiger partial charge >= 0.3 is 0 Å². The summed E-state index contributed by atoms with van der Waals surface area (Å²) in [5.74, 6) is 1.90. The molecule has 0 fully saturated rings. The standard InChI is InChI=1S/C42H27OP/c1-2-15-30(16-3-1)44-39-24-11-10-23-37(39)43-38-26-25-29(27-40(38)44)41-33-18-6-8-20-35(33)42(36-21-9-7-19-34(36)41)32-22-12-14-28-13-4-5-17-31(28)32/h1-27H. The smallest absolute Gasteiger partial charge is 0.135 e. The number of hydrogen-bond acceptors (Lipinski definition) is 1. The van der Waals surface area contributed by atoms with Gasteiger partial charge in [-0.3, -0.25) is 0 Å². The Kier molecular flexibility index (Phi) is 5.86. The van der Waals surface area contributed by atoms with Crippen molar-refractivity contribution in [3.8, 4) is 33.8 Å². The largest absolute Gasteiger partial charge is 0.456 e. The Morgan fingerprint density at radius 1 is 0.386 bits per heavy atom. The van der Waals surface area contributed by atoms with Crippen LogP contribution in [0.1, 0.15) is 0 Å². The molecule has 0 aromatic heterocycles. The van der Waals surface area contributed by atoms with E-state index in [-0.39, 0.29) is 0 Å². The minimum Gasteiger partial charge on any atom is -0.456 e. The highest BCUT2D eigenvalue weighted by molar-refractivity contribution is 7.80. The molecule has 1 unspecified atom stereocenters. The lowest BCUT2D eigenvalue weighted by molar-refractivity contribution is 0.488. The third kappa shape index (κ3) is 3.90. The summed E-state index contributed by atoms with van der Waals surface area (Å²) in [6.45, 7) is 0. The van der Waals surface area contributed by atoms with E-state index in [0.29, 0.717) is 0 Å². The third-order valence-electron chi connectivity index (χ3n) is 8.82. The predicted molar refractivity (Wildman–Crippen MR) is 189 cm³/mol.